The van der Waals surface area contributed by atoms with Crippen molar-refractivity contribution in [3.05, 3.63) is 96.6 Å². The first kappa shape index (κ1) is 25.0. The highest BCUT2D eigenvalue weighted by atomic mass is 32.2. The highest BCUT2D eigenvalue weighted by Crippen LogP contribution is 2.28. The van der Waals surface area contributed by atoms with Crippen molar-refractivity contribution in [3.63, 3.8) is 0 Å². The number of anilines is 3. The summed E-state index contributed by atoms with van der Waals surface area (Å²) in [4.78, 5) is 15.2. The van der Waals surface area contributed by atoms with Gasteiger partial charge in [0.2, 0.25) is 5.91 Å². The van der Waals surface area contributed by atoms with Gasteiger partial charge in [-0.1, -0.05) is 48.2 Å². The molecule has 1 aromatic heterocycles. The number of para-hydroxylation sites is 2. The number of carbonyl (C=O) groups excluding carboxylic acids is 1. The van der Waals surface area contributed by atoms with E-state index in [1.165, 1.54) is 23.9 Å². The Morgan fingerprint density at radius 1 is 1.00 bits per heavy atom. The molecule has 1 aliphatic rings. The summed E-state index contributed by atoms with van der Waals surface area (Å²) >= 11 is 1.37. The second-order valence-electron chi connectivity index (χ2n) is 8.69. The Balaban J connectivity index is 1.33. The van der Waals surface area contributed by atoms with Crippen LogP contribution >= 0.6 is 11.8 Å². The fourth-order valence-corrected chi connectivity index (χ4v) is 5.08. The van der Waals surface area contributed by atoms with E-state index in [0.717, 1.165) is 42.3 Å². The molecule has 0 aliphatic carbocycles. The average molecular weight is 518 g/mol. The molecule has 0 unspecified atom stereocenters. The number of amides is 1. The fraction of sp³-hybridized carbons (Fsp3) is 0.250. The van der Waals surface area contributed by atoms with Crippen LogP contribution in [-0.2, 0) is 22.6 Å². The summed E-state index contributed by atoms with van der Waals surface area (Å²) in [5.74, 6) is 0.590. The van der Waals surface area contributed by atoms with Crippen molar-refractivity contribution in [1.29, 1.82) is 0 Å². The van der Waals surface area contributed by atoms with Gasteiger partial charge in [0.1, 0.15) is 5.82 Å². The molecule has 0 radical (unpaired) electrons. The number of hydrogen-bond donors (Lipinski definition) is 1. The quantitative estimate of drug-likeness (QED) is 0.274. The molecular weight excluding hydrogens is 489 g/mol. The van der Waals surface area contributed by atoms with Crippen molar-refractivity contribution in [1.82, 2.24) is 14.8 Å². The Kier molecular flexibility index (Phi) is 8.12. The monoisotopic (exact) mass is 517 g/mol. The van der Waals surface area contributed by atoms with Crippen LogP contribution < -0.4 is 10.2 Å². The number of nitrogens with one attached hydrogen (secondary N) is 1. The summed E-state index contributed by atoms with van der Waals surface area (Å²) in [6.07, 6.45) is 2.09. The maximum atomic E-state index is 13.5. The lowest BCUT2D eigenvalue weighted by Gasteiger charge is -2.23. The van der Waals surface area contributed by atoms with E-state index in [9.17, 15) is 9.18 Å². The SMILES string of the molecule is O=C(CSc1nnc(CNc2ccc(F)cc2)n1C[C@@H]1CCCO1)N(c1ccccc1)c1ccccc1. The number of rotatable bonds is 10. The molecule has 7 nitrogen and oxygen atoms in total. The Morgan fingerprint density at radius 2 is 1.68 bits per heavy atom. The average Bonchev–Trinajstić information content (AvgIpc) is 3.59. The van der Waals surface area contributed by atoms with Crippen LogP contribution in [0.5, 0.6) is 0 Å². The molecule has 0 saturated carbocycles. The van der Waals surface area contributed by atoms with Gasteiger partial charge in [-0.15, -0.1) is 10.2 Å². The number of benzene rings is 3. The van der Waals surface area contributed by atoms with Crippen LogP contribution in [0.15, 0.2) is 90.1 Å². The highest BCUT2D eigenvalue weighted by molar-refractivity contribution is 7.99. The molecule has 4 aromatic rings. The molecule has 5 rings (SSSR count). The minimum atomic E-state index is -0.282. The molecule has 1 fully saturated rings. The van der Waals surface area contributed by atoms with Gasteiger partial charge in [0.05, 0.1) is 24.9 Å². The highest BCUT2D eigenvalue weighted by Gasteiger charge is 2.23. The van der Waals surface area contributed by atoms with E-state index in [1.54, 1.807) is 17.0 Å². The molecule has 2 heterocycles. The second-order valence-corrected chi connectivity index (χ2v) is 9.64. The van der Waals surface area contributed by atoms with Gasteiger partial charge in [0.25, 0.3) is 0 Å². The number of aromatic nitrogens is 3. The standard InChI is InChI=1S/C28H28FN5O2S/c29-21-13-15-22(16-14-21)30-18-26-31-32-28(33(26)19-25-12-7-17-36-25)37-20-27(35)34(23-8-3-1-4-9-23)24-10-5-2-6-11-24/h1-6,8-11,13-16,25,30H,7,12,17-20H2/t25-/m0/s1. The van der Waals surface area contributed by atoms with E-state index in [0.29, 0.717) is 18.2 Å². The largest absolute Gasteiger partial charge is 0.378 e. The number of hydrogen-bond acceptors (Lipinski definition) is 6. The third-order valence-electron chi connectivity index (χ3n) is 6.10. The Morgan fingerprint density at radius 3 is 2.30 bits per heavy atom. The topological polar surface area (TPSA) is 72.3 Å². The van der Waals surface area contributed by atoms with Crippen LogP contribution in [0.3, 0.4) is 0 Å². The van der Waals surface area contributed by atoms with Gasteiger partial charge in [0.15, 0.2) is 11.0 Å². The molecule has 0 spiro atoms. The van der Waals surface area contributed by atoms with Crippen molar-refractivity contribution < 1.29 is 13.9 Å². The maximum Gasteiger partial charge on any atom is 0.242 e. The molecule has 9 heteroatoms. The van der Waals surface area contributed by atoms with Gasteiger partial charge in [0, 0.05) is 23.7 Å². The predicted molar refractivity (Wildman–Crippen MR) is 143 cm³/mol. The molecule has 3 aromatic carbocycles. The van der Waals surface area contributed by atoms with E-state index in [-0.39, 0.29) is 23.6 Å². The minimum Gasteiger partial charge on any atom is -0.378 e. The molecule has 1 amide bonds. The molecular formula is C28H28FN5O2S. The zero-order valence-electron chi connectivity index (χ0n) is 20.3. The molecule has 0 bridgehead atoms. The van der Waals surface area contributed by atoms with Crippen molar-refractivity contribution in [2.24, 2.45) is 0 Å². The summed E-state index contributed by atoms with van der Waals surface area (Å²) in [7, 11) is 0. The Labute approximate surface area is 219 Å². The summed E-state index contributed by atoms with van der Waals surface area (Å²) in [6.45, 7) is 1.78. The summed E-state index contributed by atoms with van der Waals surface area (Å²) in [5.41, 5.74) is 2.41. The molecule has 1 aliphatic heterocycles. The first-order chi connectivity index (χ1) is 18.2. The number of halogens is 1. The van der Waals surface area contributed by atoms with E-state index in [2.05, 4.69) is 15.5 Å². The Bertz CT molecular complexity index is 1260. The van der Waals surface area contributed by atoms with Gasteiger partial charge >= 0.3 is 0 Å². The minimum absolute atomic E-state index is 0.0555. The molecule has 1 saturated heterocycles. The van der Waals surface area contributed by atoms with Crippen LogP contribution in [0.4, 0.5) is 21.5 Å². The maximum absolute atomic E-state index is 13.5. The van der Waals surface area contributed by atoms with Crippen molar-refractivity contribution >= 4 is 34.7 Å². The normalized spacial score (nSPS) is 15.0. The van der Waals surface area contributed by atoms with Gasteiger partial charge in [-0.3, -0.25) is 9.69 Å². The third kappa shape index (κ3) is 6.36. The lowest BCUT2D eigenvalue weighted by atomic mass is 10.2. The number of thioether (sulfide) groups is 1. The van der Waals surface area contributed by atoms with Crippen LogP contribution in [0.1, 0.15) is 18.7 Å². The summed E-state index contributed by atoms with van der Waals surface area (Å²) < 4.78 is 21.2. The number of carbonyl (C=O) groups is 1. The van der Waals surface area contributed by atoms with Crippen molar-refractivity contribution in [3.8, 4) is 0 Å². The van der Waals surface area contributed by atoms with Crippen LogP contribution in [0.25, 0.3) is 0 Å². The fourth-order valence-electron chi connectivity index (χ4n) is 4.26. The van der Waals surface area contributed by atoms with E-state index >= 15 is 0 Å². The van der Waals surface area contributed by atoms with Gasteiger partial charge < -0.3 is 14.6 Å². The smallest absolute Gasteiger partial charge is 0.242 e. The molecule has 1 N–H and O–H groups in total. The summed E-state index contributed by atoms with van der Waals surface area (Å²) in [6, 6.07) is 25.5. The van der Waals surface area contributed by atoms with Crippen LogP contribution in [0.2, 0.25) is 0 Å². The van der Waals surface area contributed by atoms with Gasteiger partial charge in [-0.05, 0) is 61.4 Å². The first-order valence-corrected chi connectivity index (χ1v) is 13.2. The predicted octanol–water partition coefficient (Wildman–Crippen LogP) is 5.67. The second kappa shape index (κ2) is 12.0. The summed E-state index contributed by atoms with van der Waals surface area (Å²) in [5, 5.41) is 12.8. The zero-order chi connectivity index (χ0) is 25.5. The lowest BCUT2D eigenvalue weighted by molar-refractivity contribution is -0.115. The first-order valence-electron chi connectivity index (χ1n) is 12.3. The van der Waals surface area contributed by atoms with E-state index < -0.39 is 0 Å². The lowest BCUT2D eigenvalue weighted by Crippen LogP contribution is -2.28. The van der Waals surface area contributed by atoms with Crippen molar-refractivity contribution in [2.45, 2.75) is 37.2 Å². The Hall–Kier alpha value is -3.69. The molecule has 1 atom stereocenters. The third-order valence-corrected chi connectivity index (χ3v) is 7.05. The van der Waals surface area contributed by atoms with Crippen molar-refractivity contribution in [2.75, 3.05) is 22.6 Å². The number of ether oxygens (including phenoxy) is 1. The molecule has 37 heavy (non-hydrogen) atoms. The van der Waals surface area contributed by atoms with E-state index in [1.807, 2.05) is 65.2 Å². The number of nitrogens with zero attached hydrogens (tertiary/aromatic N) is 4. The zero-order valence-corrected chi connectivity index (χ0v) is 21.1. The van der Waals surface area contributed by atoms with Gasteiger partial charge in [-0.2, -0.15) is 0 Å². The van der Waals surface area contributed by atoms with Crippen LogP contribution in [0, 0.1) is 5.82 Å². The van der Waals surface area contributed by atoms with E-state index in [4.69, 9.17) is 4.74 Å². The van der Waals surface area contributed by atoms with Crippen LogP contribution in [-0.4, -0.2) is 39.1 Å². The molecule has 190 valence electrons. The van der Waals surface area contributed by atoms with Gasteiger partial charge in [-0.25, -0.2) is 4.39 Å².